The normalized spacial score (nSPS) is 10.2. The number of benzene rings is 1. The maximum absolute atomic E-state index is 13.2. The molecule has 0 aliphatic carbocycles. The van der Waals surface area contributed by atoms with Crippen molar-refractivity contribution in [3.8, 4) is 0 Å². The Labute approximate surface area is 118 Å². The van der Waals surface area contributed by atoms with Crippen LogP contribution in [0.1, 0.15) is 26.4 Å². The SMILES string of the molecule is Cc1cc(=O)c(C(=O)Nc2ccc(F)c(C(=O)O)c2)c[nH]1. The van der Waals surface area contributed by atoms with Crippen molar-refractivity contribution in [1.82, 2.24) is 4.98 Å². The van der Waals surface area contributed by atoms with Crippen molar-refractivity contribution < 1.29 is 19.1 Å². The predicted octanol–water partition coefficient (Wildman–Crippen LogP) is 1.77. The van der Waals surface area contributed by atoms with Crippen LogP contribution in [0.4, 0.5) is 10.1 Å². The third kappa shape index (κ3) is 3.14. The summed E-state index contributed by atoms with van der Waals surface area (Å²) >= 11 is 0. The number of aromatic nitrogens is 1. The maximum Gasteiger partial charge on any atom is 0.338 e. The van der Waals surface area contributed by atoms with Crippen LogP contribution < -0.4 is 10.7 Å². The molecule has 1 heterocycles. The zero-order valence-corrected chi connectivity index (χ0v) is 10.9. The van der Waals surface area contributed by atoms with Crippen LogP contribution in [0.5, 0.6) is 0 Å². The van der Waals surface area contributed by atoms with E-state index in [9.17, 15) is 18.8 Å². The Morgan fingerprint density at radius 3 is 2.57 bits per heavy atom. The van der Waals surface area contributed by atoms with Gasteiger partial charge in [-0.1, -0.05) is 0 Å². The predicted molar refractivity (Wildman–Crippen MR) is 73.1 cm³/mol. The van der Waals surface area contributed by atoms with Gasteiger partial charge in [-0.2, -0.15) is 0 Å². The Morgan fingerprint density at radius 1 is 1.24 bits per heavy atom. The molecule has 0 unspecified atom stereocenters. The Morgan fingerprint density at radius 2 is 1.95 bits per heavy atom. The molecule has 1 amide bonds. The van der Waals surface area contributed by atoms with E-state index in [0.717, 1.165) is 12.1 Å². The molecule has 2 rings (SSSR count). The number of anilines is 1. The van der Waals surface area contributed by atoms with Gasteiger partial charge in [0.05, 0.1) is 5.56 Å². The summed E-state index contributed by atoms with van der Waals surface area (Å²) in [7, 11) is 0. The number of hydrogen-bond donors (Lipinski definition) is 3. The van der Waals surface area contributed by atoms with E-state index in [1.165, 1.54) is 18.3 Å². The number of carbonyl (C=O) groups excluding carboxylic acids is 1. The fourth-order valence-electron chi connectivity index (χ4n) is 1.72. The minimum atomic E-state index is -1.45. The summed E-state index contributed by atoms with van der Waals surface area (Å²) in [6.07, 6.45) is 1.26. The highest BCUT2D eigenvalue weighted by molar-refractivity contribution is 6.04. The second-order valence-corrected chi connectivity index (χ2v) is 4.35. The minimum Gasteiger partial charge on any atom is -0.478 e. The van der Waals surface area contributed by atoms with Gasteiger partial charge in [0, 0.05) is 23.6 Å². The van der Waals surface area contributed by atoms with E-state index in [4.69, 9.17) is 5.11 Å². The van der Waals surface area contributed by atoms with Gasteiger partial charge in [-0.15, -0.1) is 0 Å². The van der Waals surface area contributed by atoms with Crippen LogP contribution in [0.25, 0.3) is 0 Å². The number of rotatable bonds is 3. The lowest BCUT2D eigenvalue weighted by Gasteiger charge is -2.06. The van der Waals surface area contributed by atoms with Gasteiger partial charge >= 0.3 is 5.97 Å². The van der Waals surface area contributed by atoms with E-state index in [1.807, 2.05) is 0 Å². The lowest BCUT2D eigenvalue weighted by Crippen LogP contribution is -2.21. The third-order valence-corrected chi connectivity index (χ3v) is 2.76. The van der Waals surface area contributed by atoms with E-state index < -0.39 is 28.7 Å². The highest BCUT2D eigenvalue weighted by Crippen LogP contribution is 2.15. The topological polar surface area (TPSA) is 99.3 Å². The van der Waals surface area contributed by atoms with Gasteiger partial charge in [0.1, 0.15) is 11.4 Å². The van der Waals surface area contributed by atoms with Crippen LogP contribution in [0.15, 0.2) is 35.3 Å². The first-order valence-corrected chi connectivity index (χ1v) is 5.92. The number of carboxylic acid groups (broad SMARTS) is 1. The third-order valence-electron chi connectivity index (χ3n) is 2.76. The van der Waals surface area contributed by atoms with E-state index in [1.54, 1.807) is 6.92 Å². The molecule has 0 radical (unpaired) electrons. The molecule has 0 spiro atoms. The zero-order chi connectivity index (χ0) is 15.6. The number of nitrogens with one attached hydrogen (secondary N) is 2. The zero-order valence-electron chi connectivity index (χ0n) is 10.9. The number of aryl methyl sites for hydroxylation is 1. The molecule has 0 bridgehead atoms. The van der Waals surface area contributed by atoms with Gasteiger partial charge < -0.3 is 15.4 Å². The summed E-state index contributed by atoms with van der Waals surface area (Å²) in [5.74, 6) is -3.07. The van der Waals surface area contributed by atoms with Crippen LogP contribution in [0, 0.1) is 12.7 Å². The quantitative estimate of drug-likeness (QED) is 0.802. The Bertz CT molecular complexity index is 783. The molecule has 7 heteroatoms. The molecule has 1 aromatic heterocycles. The van der Waals surface area contributed by atoms with Crippen LogP contribution in [-0.4, -0.2) is 22.0 Å². The van der Waals surface area contributed by atoms with Crippen molar-refractivity contribution in [2.24, 2.45) is 0 Å². The number of aromatic carboxylic acids is 1. The lowest BCUT2D eigenvalue weighted by molar-refractivity contribution is 0.0691. The van der Waals surface area contributed by atoms with Crippen LogP contribution in [0.3, 0.4) is 0 Å². The number of amides is 1. The van der Waals surface area contributed by atoms with E-state index in [2.05, 4.69) is 10.3 Å². The van der Waals surface area contributed by atoms with Gasteiger partial charge in [0.15, 0.2) is 5.43 Å². The molecule has 21 heavy (non-hydrogen) atoms. The van der Waals surface area contributed by atoms with Gasteiger partial charge in [0.25, 0.3) is 5.91 Å². The Hall–Kier alpha value is -2.96. The summed E-state index contributed by atoms with van der Waals surface area (Å²) < 4.78 is 13.2. The number of H-pyrrole nitrogens is 1. The minimum absolute atomic E-state index is 0.0822. The van der Waals surface area contributed by atoms with Crippen molar-refractivity contribution in [3.05, 3.63) is 63.3 Å². The molecule has 108 valence electrons. The molecule has 0 saturated heterocycles. The van der Waals surface area contributed by atoms with Crippen molar-refractivity contribution in [3.63, 3.8) is 0 Å². The van der Waals surface area contributed by atoms with Gasteiger partial charge in [-0.05, 0) is 25.1 Å². The number of hydrogen-bond acceptors (Lipinski definition) is 3. The average molecular weight is 290 g/mol. The van der Waals surface area contributed by atoms with Crippen LogP contribution >= 0.6 is 0 Å². The summed E-state index contributed by atoms with van der Waals surface area (Å²) in [5.41, 5.74) is -0.470. The first-order chi connectivity index (χ1) is 9.88. The summed E-state index contributed by atoms with van der Waals surface area (Å²) in [4.78, 5) is 37.2. The van der Waals surface area contributed by atoms with Crippen molar-refractivity contribution in [2.75, 3.05) is 5.32 Å². The smallest absolute Gasteiger partial charge is 0.338 e. The molecule has 0 fully saturated rings. The van der Waals surface area contributed by atoms with E-state index >= 15 is 0 Å². The lowest BCUT2D eigenvalue weighted by atomic mass is 10.1. The summed E-state index contributed by atoms with van der Waals surface area (Å²) in [6, 6.07) is 4.39. The molecular formula is C14H11FN2O4. The maximum atomic E-state index is 13.2. The largest absolute Gasteiger partial charge is 0.478 e. The van der Waals surface area contributed by atoms with Crippen LogP contribution in [-0.2, 0) is 0 Å². The van der Waals surface area contributed by atoms with E-state index in [0.29, 0.717) is 5.69 Å². The van der Waals surface area contributed by atoms with Crippen molar-refractivity contribution in [1.29, 1.82) is 0 Å². The summed E-state index contributed by atoms with van der Waals surface area (Å²) in [6.45, 7) is 1.67. The second kappa shape index (κ2) is 5.58. The number of carboxylic acids is 1. The second-order valence-electron chi connectivity index (χ2n) is 4.35. The molecule has 0 atom stereocenters. The number of carbonyl (C=O) groups is 2. The first kappa shape index (κ1) is 14.4. The van der Waals surface area contributed by atoms with Gasteiger partial charge in [-0.3, -0.25) is 9.59 Å². The fraction of sp³-hybridized carbons (Fsp3) is 0.0714. The van der Waals surface area contributed by atoms with E-state index in [-0.39, 0.29) is 11.3 Å². The van der Waals surface area contributed by atoms with Gasteiger partial charge in [-0.25, -0.2) is 9.18 Å². The van der Waals surface area contributed by atoms with Crippen molar-refractivity contribution >= 4 is 17.6 Å². The molecule has 6 nitrogen and oxygen atoms in total. The molecular weight excluding hydrogens is 279 g/mol. The highest BCUT2D eigenvalue weighted by atomic mass is 19.1. The molecule has 3 N–H and O–H groups in total. The fourth-order valence-corrected chi connectivity index (χ4v) is 1.72. The molecule has 0 aliphatic heterocycles. The van der Waals surface area contributed by atoms with Gasteiger partial charge in [0.2, 0.25) is 0 Å². The monoisotopic (exact) mass is 290 g/mol. The number of pyridine rings is 1. The molecule has 0 saturated carbocycles. The Kier molecular flexibility index (Phi) is 3.84. The standard InChI is InChI=1S/C14H11FN2O4/c1-7-4-12(18)10(6-16-7)13(19)17-8-2-3-11(15)9(5-8)14(20)21/h2-6H,1H3,(H,16,18)(H,17,19)(H,20,21). The van der Waals surface area contributed by atoms with Crippen LogP contribution in [0.2, 0.25) is 0 Å². The summed E-state index contributed by atoms with van der Waals surface area (Å²) in [5, 5.41) is 11.2. The number of aromatic amines is 1. The molecule has 2 aromatic rings. The average Bonchev–Trinajstić information content (AvgIpc) is 2.40. The number of halogens is 1. The highest BCUT2D eigenvalue weighted by Gasteiger charge is 2.14. The molecule has 0 aliphatic rings. The first-order valence-electron chi connectivity index (χ1n) is 5.92. The van der Waals surface area contributed by atoms with Crippen molar-refractivity contribution in [2.45, 2.75) is 6.92 Å². The Balaban J connectivity index is 2.29. The molecule has 1 aromatic carbocycles.